The summed E-state index contributed by atoms with van der Waals surface area (Å²) in [5.74, 6) is 2.45. The van der Waals surface area contributed by atoms with E-state index in [0.717, 1.165) is 18.6 Å². The number of ketones is 1. The lowest BCUT2D eigenvalue weighted by molar-refractivity contribution is 0.0815. The summed E-state index contributed by atoms with van der Waals surface area (Å²) < 4.78 is 15.8. The first-order valence-electron chi connectivity index (χ1n) is 8.08. The summed E-state index contributed by atoms with van der Waals surface area (Å²) in [7, 11) is 4.83. The van der Waals surface area contributed by atoms with Crippen molar-refractivity contribution in [3.8, 4) is 17.2 Å². The molecule has 0 amide bonds. The highest BCUT2D eigenvalue weighted by Crippen LogP contribution is 2.45. The van der Waals surface area contributed by atoms with Gasteiger partial charge in [-0.05, 0) is 54.7 Å². The van der Waals surface area contributed by atoms with Crippen LogP contribution >= 0.6 is 0 Å². The Hall–Kier alpha value is -2.49. The Morgan fingerprint density at radius 3 is 2.08 bits per heavy atom. The molecule has 0 aliphatic heterocycles. The average molecular weight is 326 g/mol. The fourth-order valence-electron chi connectivity index (χ4n) is 3.27. The third-order valence-corrected chi connectivity index (χ3v) is 4.83. The van der Waals surface area contributed by atoms with E-state index in [4.69, 9.17) is 14.2 Å². The zero-order valence-electron chi connectivity index (χ0n) is 14.2. The molecule has 126 valence electrons. The summed E-state index contributed by atoms with van der Waals surface area (Å²) in [6, 6.07) is 13.3. The number of Topliss-reactive ketones (excluding diaryl/α,β-unsaturated/α-hetero) is 1. The molecule has 4 nitrogen and oxygen atoms in total. The molecule has 0 spiro atoms. The topological polar surface area (TPSA) is 44.8 Å². The van der Waals surface area contributed by atoms with Crippen LogP contribution in [0.2, 0.25) is 0 Å². The Labute approximate surface area is 142 Å². The first kappa shape index (κ1) is 16.4. The van der Waals surface area contributed by atoms with Gasteiger partial charge in [-0.15, -0.1) is 0 Å². The van der Waals surface area contributed by atoms with Crippen LogP contribution in [0.25, 0.3) is 0 Å². The molecule has 0 heterocycles. The number of hydrogen-bond donors (Lipinski definition) is 0. The van der Waals surface area contributed by atoms with Gasteiger partial charge in [-0.2, -0.15) is 0 Å². The second-order valence-electron chi connectivity index (χ2n) is 5.99. The predicted octanol–water partition coefficient (Wildman–Crippen LogP) is 4.09. The number of methoxy groups -OCH3 is 3. The second-order valence-corrected chi connectivity index (χ2v) is 5.99. The van der Waals surface area contributed by atoms with E-state index in [2.05, 4.69) is 0 Å². The number of benzene rings is 2. The summed E-state index contributed by atoms with van der Waals surface area (Å²) >= 11 is 0. The highest BCUT2D eigenvalue weighted by Gasteiger charge is 2.38. The fraction of sp³-hybridized carbons (Fsp3) is 0.350. The van der Waals surface area contributed by atoms with Crippen molar-refractivity contribution < 1.29 is 19.0 Å². The van der Waals surface area contributed by atoms with Gasteiger partial charge >= 0.3 is 0 Å². The lowest BCUT2D eigenvalue weighted by Crippen LogP contribution is -2.31. The van der Waals surface area contributed by atoms with Crippen molar-refractivity contribution in [1.82, 2.24) is 0 Å². The van der Waals surface area contributed by atoms with Crippen LogP contribution < -0.4 is 14.2 Å². The normalized spacial score (nSPS) is 19.3. The summed E-state index contributed by atoms with van der Waals surface area (Å²) in [6.07, 6.45) is 1.92. The van der Waals surface area contributed by atoms with Crippen LogP contribution in [-0.4, -0.2) is 27.1 Å². The standard InChI is InChI=1S/C20H22O4/c1-22-14-6-4-13(5-7-14)16-9-10-17(16)20(21)18-12-15(23-2)8-11-19(18)24-3/h4-8,11-12,16-17H,9-10H2,1-3H3. The highest BCUT2D eigenvalue weighted by atomic mass is 16.5. The molecule has 0 radical (unpaired) electrons. The quantitative estimate of drug-likeness (QED) is 0.750. The van der Waals surface area contributed by atoms with Gasteiger partial charge in [0.05, 0.1) is 26.9 Å². The Balaban J connectivity index is 1.84. The number of hydrogen-bond acceptors (Lipinski definition) is 4. The molecule has 1 saturated carbocycles. The van der Waals surface area contributed by atoms with Crippen molar-refractivity contribution in [1.29, 1.82) is 0 Å². The molecular weight excluding hydrogens is 304 g/mol. The minimum absolute atomic E-state index is 0.0144. The maximum Gasteiger partial charge on any atom is 0.170 e. The number of rotatable bonds is 6. The van der Waals surface area contributed by atoms with Crippen molar-refractivity contribution in [2.45, 2.75) is 18.8 Å². The van der Waals surface area contributed by atoms with Gasteiger partial charge in [0.15, 0.2) is 5.78 Å². The van der Waals surface area contributed by atoms with Crippen molar-refractivity contribution in [3.63, 3.8) is 0 Å². The average Bonchev–Trinajstić information content (AvgIpc) is 2.60. The summed E-state index contributed by atoms with van der Waals surface area (Å²) in [4.78, 5) is 13.0. The maximum atomic E-state index is 13.0. The zero-order valence-corrected chi connectivity index (χ0v) is 14.2. The summed E-state index contributed by atoms with van der Waals surface area (Å²) in [5, 5.41) is 0. The minimum Gasteiger partial charge on any atom is -0.497 e. The van der Waals surface area contributed by atoms with Crippen LogP contribution in [0.3, 0.4) is 0 Å². The van der Waals surface area contributed by atoms with Gasteiger partial charge in [0.25, 0.3) is 0 Å². The van der Waals surface area contributed by atoms with Crippen LogP contribution in [0, 0.1) is 5.92 Å². The molecular formula is C20H22O4. The van der Waals surface area contributed by atoms with Crippen molar-refractivity contribution >= 4 is 5.78 Å². The maximum absolute atomic E-state index is 13.0. The first-order valence-corrected chi connectivity index (χ1v) is 8.08. The molecule has 3 rings (SSSR count). The SMILES string of the molecule is COc1ccc(C2CCC2C(=O)c2cc(OC)ccc2OC)cc1. The molecule has 2 aromatic rings. The predicted molar refractivity (Wildman–Crippen MR) is 92.3 cm³/mol. The van der Waals surface area contributed by atoms with Crippen LogP contribution in [0.4, 0.5) is 0 Å². The minimum atomic E-state index is -0.0144. The molecule has 1 aliphatic carbocycles. The van der Waals surface area contributed by atoms with E-state index in [1.807, 2.05) is 24.3 Å². The Morgan fingerprint density at radius 2 is 1.54 bits per heavy atom. The Bertz CT molecular complexity index is 721. The van der Waals surface area contributed by atoms with Crippen molar-refractivity contribution in [2.75, 3.05) is 21.3 Å². The van der Waals surface area contributed by atoms with E-state index >= 15 is 0 Å². The number of carbonyl (C=O) groups excluding carboxylic acids is 1. The molecule has 1 fully saturated rings. The van der Waals surface area contributed by atoms with Crippen molar-refractivity contribution in [2.24, 2.45) is 5.92 Å². The van der Waals surface area contributed by atoms with Crippen LogP contribution in [0.15, 0.2) is 42.5 Å². The van der Waals surface area contributed by atoms with E-state index < -0.39 is 0 Å². The van der Waals surface area contributed by atoms with E-state index in [1.165, 1.54) is 5.56 Å². The molecule has 2 aromatic carbocycles. The van der Waals surface area contributed by atoms with E-state index in [0.29, 0.717) is 17.1 Å². The monoisotopic (exact) mass is 326 g/mol. The zero-order chi connectivity index (χ0) is 17.1. The molecule has 4 heteroatoms. The van der Waals surface area contributed by atoms with Gasteiger partial charge < -0.3 is 14.2 Å². The Kier molecular flexibility index (Phi) is 4.74. The van der Waals surface area contributed by atoms with Crippen LogP contribution in [0.1, 0.15) is 34.7 Å². The molecule has 0 N–H and O–H groups in total. The van der Waals surface area contributed by atoms with Gasteiger partial charge in [-0.25, -0.2) is 0 Å². The van der Waals surface area contributed by atoms with Gasteiger partial charge in [0, 0.05) is 5.92 Å². The van der Waals surface area contributed by atoms with Gasteiger partial charge in [-0.1, -0.05) is 12.1 Å². The van der Waals surface area contributed by atoms with E-state index in [-0.39, 0.29) is 17.6 Å². The lowest BCUT2D eigenvalue weighted by atomic mass is 9.67. The molecule has 2 atom stereocenters. The van der Waals surface area contributed by atoms with Gasteiger partial charge in [-0.3, -0.25) is 4.79 Å². The van der Waals surface area contributed by atoms with Crippen molar-refractivity contribution in [3.05, 3.63) is 53.6 Å². The fourth-order valence-corrected chi connectivity index (χ4v) is 3.27. The lowest BCUT2D eigenvalue weighted by Gasteiger charge is -2.36. The number of ether oxygens (including phenoxy) is 3. The molecule has 0 aromatic heterocycles. The molecule has 2 unspecified atom stereocenters. The molecule has 1 aliphatic rings. The second kappa shape index (κ2) is 6.95. The third kappa shape index (κ3) is 2.96. The smallest absolute Gasteiger partial charge is 0.170 e. The van der Waals surface area contributed by atoms with E-state index in [1.54, 1.807) is 39.5 Å². The number of carbonyl (C=O) groups is 1. The summed E-state index contributed by atoms with van der Waals surface area (Å²) in [6.45, 7) is 0. The third-order valence-electron chi connectivity index (χ3n) is 4.83. The molecule has 24 heavy (non-hydrogen) atoms. The van der Waals surface area contributed by atoms with Gasteiger partial charge in [0.1, 0.15) is 17.2 Å². The summed E-state index contributed by atoms with van der Waals surface area (Å²) in [5.41, 5.74) is 1.78. The molecule has 0 bridgehead atoms. The van der Waals surface area contributed by atoms with Crippen LogP contribution in [0.5, 0.6) is 17.2 Å². The van der Waals surface area contributed by atoms with E-state index in [9.17, 15) is 4.79 Å². The molecule has 0 saturated heterocycles. The highest BCUT2D eigenvalue weighted by molar-refractivity contribution is 6.01. The largest absolute Gasteiger partial charge is 0.497 e. The van der Waals surface area contributed by atoms with Crippen LogP contribution in [-0.2, 0) is 0 Å². The first-order chi connectivity index (χ1) is 11.7. The van der Waals surface area contributed by atoms with Gasteiger partial charge in [0.2, 0.25) is 0 Å². The Morgan fingerprint density at radius 1 is 0.875 bits per heavy atom.